The number of benzene rings is 1. The first-order valence-electron chi connectivity index (χ1n) is 5.65. The maximum atomic E-state index is 14.1. The Bertz CT molecular complexity index is 572. The molecule has 1 heterocycles. The molecule has 2 aromatic rings. The first kappa shape index (κ1) is 13.0. The molecular weight excluding hydrogens is 297 g/mol. The lowest BCUT2D eigenvalue weighted by Gasteiger charge is -2.09. The Morgan fingerprint density at radius 3 is 2.89 bits per heavy atom. The number of hydrogen-bond acceptors (Lipinski definition) is 3. The molecule has 1 aromatic carbocycles. The van der Waals surface area contributed by atoms with Crippen molar-refractivity contribution in [3.05, 3.63) is 40.2 Å². The largest absolute Gasteiger partial charge is 0.354 e. The number of hydrogen-bond donors (Lipinski definition) is 1. The zero-order chi connectivity index (χ0) is 13.1. The molecule has 0 radical (unpaired) electrons. The second kappa shape index (κ2) is 5.44. The Balaban J connectivity index is 2.55. The number of nitrogens with zero attached hydrogens (tertiary/aromatic N) is 2. The lowest BCUT2D eigenvalue weighted by molar-refractivity contribution is 0.624. The molecule has 94 valence electrons. The molecule has 0 spiro atoms. The summed E-state index contributed by atoms with van der Waals surface area (Å²) < 4.78 is 14.5. The van der Waals surface area contributed by atoms with Crippen LogP contribution in [0.25, 0.3) is 11.3 Å². The summed E-state index contributed by atoms with van der Waals surface area (Å²) in [5.74, 6) is 0.208. The van der Waals surface area contributed by atoms with Crippen molar-refractivity contribution >= 4 is 21.9 Å². The summed E-state index contributed by atoms with van der Waals surface area (Å²) in [5.41, 5.74) is 1.93. The van der Waals surface area contributed by atoms with Crippen LogP contribution in [-0.2, 0) is 0 Å². The van der Waals surface area contributed by atoms with Gasteiger partial charge in [0.15, 0.2) is 0 Å². The summed E-state index contributed by atoms with van der Waals surface area (Å²) in [5, 5.41) is 3.02. The highest BCUT2D eigenvalue weighted by Gasteiger charge is 2.12. The Labute approximate surface area is 114 Å². The van der Waals surface area contributed by atoms with E-state index in [1.807, 2.05) is 13.8 Å². The van der Waals surface area contributed by atoms with Crippen LogP contribution in [0.2, 0.25) is 0 Å². The van der Waals surface area contributed by atoms with Crippen molar-refractivity contribution in [2.45, 2.75) is 13.8 Å². The minimum atomic E-state index is -0.304. The van der Waals surface area contributed by atoms with Crippen molar-refractivity contribution < 1.29 is 4.39 Å². The predicted molar refractivity (Wildman–Crippen MR) is 74.0 cm³/mol. The molecule has 18 heavy (non-hydrogen) atoms. The highest BCUT2D eigenvalue weighted by atomic mass is 79.9. The lowest BCUT2D eigenvalue weighted by Crippen LogP contribution is -2.04. The number of aryl methyl sites for hydroxylation is 1. The number of halogens is 2. The molecule has 0 saturated carbocycles. The van der Waals surface area contributed by atoms with E-state index in [4.69, 9.17) is 0 Å². The second-order valence-electron chi connectivity index (χ2n) is 3.86. The van der Waals surface area contributed by atoms with Gasteiger partial charge in [-0.3, -0.25) is 0 Å². The van der Waals surface area contributed by atoms with Gasteiger partial charge in [0.25, 0.3) is 0 Å². The molecule has 0 aliphatic carbocycles. The highest BCUT2D eigenvalue weighted by Crippen LogP contribution is 2.28. The summed E-state index contributed by atoms with van der Waals surface area (Å²) >= 11 is 3.18. The van der Waals surface area contributed by atoms with Gasteiger partial charge >= 0.3 is 0 Å². The number of nitrogens with one attached hydrogen (secondary N) is 1. The van der Waals surface area contributed by atoms with Gasteiger partial charge < -0.3 is 5.32 Å². The fourth-order valence-corrected chi connectivity index (χ4v) is 2.01. The fourth-order valence-electron chi connectivity index (χ4n) is 1.64. The van der Waals surface area contributed by atoms with Gasteiger partial charge in [-0.15, -0.1) is 0 Å². The first-order valence-corrected chi connectivity index (χ1v) is 6.44. The number of anilines is 1. The van der Waals surface area contributed by atoms with Crippen LogP contribution in [0.1, 0.15) is 12.5 Å². The molecular formula is C13H13BrFN3. The van der Waals surface area contributed by atoms with E-state index in [9.17, 15) is 4.39 Å². The third-order valence-electron chi connectivity index (χ3n) is 2.51. The molecule has 0 bridgehead atoms. The van der Waals surface area contributed by atoms with Crippen LogP contribution < -0.4 is 5.32 Å². The fraction of sp³-hybridized carbons (Fsp3) is 0.231. The quantitative estimate of drug-likeness (QED) is 0.937. The van der Waals surface area contributed by atoms with Crippen molar-refractivity contribution in [3.8, 4) is 11.3 Å². The van der Waals surface area contributed by atoms with Crippen molar-refractivity contribution in [2.75, 3.05) is 11.9 Å². The summed E-state index contributed by atoms with van der Waals surface area (Å²) in [7, 11) is 0. The first-order chi connectivity index (χ1) is 8.63. The van der Waals surface area contributed by atoms with E-state index in [2.05, 4.69) is 31.2 Å². The van der Waals surface area contributed by atoms with Gasteiger partial charge in [-0.25, -0.2) is 14.4 Å². The zero-order valence-corrected chi connectivity index (χ0v) is 11.8. The molecule has 0 saturated heterocycles. The smallest absolute Gasteiger partial charge is 0.223 e. The van der Waals surface area contributed by atoms with Crippen molar-refractivity contribution in [2.24, 2.45) is 0 Å². The van der Waals surface area contributed by atoms with Crippen molar-refractivity contribution in [3.63, 3.8) is 0 Å². The van der Waals surface area contributed by atoms with Gasteiger partial charge in [0.05, 0.1) is 10.2 Å². The monoisotopic (exact) mass is 309 g/mol. The lowest BCUT2D eigenvalue weighted by atomic mass is 10.1. The molecule has 5 heteroatoms. The van der Waals surface area contributed by atoms with E-state index in [0.29, 0.717) is 21.7 Å². The van der Waals surface area contributed by atoms with Crippen molar-refractivity contribution in [1.82, 2.24) is 9.97 Å². The normalized spacial score (nSPS) is 10.4. The molecule has 1 aromatic heterocycles. The summed E-state index contributed by atoms with van der Waals surface area (Å²) in [6.45, 7) is 4.55. The summed E-state index contributed by atoms with van der Waals surface area (Å²) in [6, 6.07) is 5.17. The van der Waals surface area contributed by atoms with Crippen LogP contribution in [0, 0.1) is 12.7 Å². The van der Waals surface area contributed by atoms with Gasteiger partial charge in [0.2, 0.25) is 5.95 Å². The molecule has 0 fully saturated rings. The Kier molecular flexibility index (Phi) is 3.91. The van der Waals surface area contributed by atoms with E-state index in [-0.39, 0.29) is 5.82 Å². The summed E-state index contributed by atoms with van der Waals surface area (Å²) in [6.07, 6.45) is 1.70. The maximum absolute atomic E-state index is 14.1. The third kappa shape index (κ3) is 2.51. The van der Waals surface area contributed by atoms with Crippen LogP contribution in [0.5, 0.6) is 0 Å². The van der Waals surface area contributed by atoms with Gasteiger partial charge in [-0.05, 0) is 47.5 Å². The second-order valence-corrected chi connectivity index (χ2v) is 4.71. The number of rotatable bonds is 3. The van der Waals surface area contributed by atoms with E-state index >= 15 is 0 Å². The van der Waals surface area contributed by atoms with Crippen molar-refractivity contribution in [1.29, 1.82) is 0 Å². The Morgan fingerprint density at radius 2 is 2.17 bits per heavy atom. The molecule has 0 amide bonds. The molecule has 3 nitrogen and oxygen atoms in total. The van der Waals surface area contributed by atoms with Crippen LogP contribution in [0.15, 0.2) is 28.9 Å². The van der Waals surface area contributed by atoms with E-state index in [0.717, 1.165) is 12.1 Å². The standard InChI is InChI=1S/C13H13BrFN3/c1-3-16-13-17-7-8(2)12(18-13)9-5-4-6-10(14)11(9)15/h4-7H,3H2,1-2H3,(H,16,17,18). The zero-order valence-electron chi connectivity index (χ0n) is 10.2. The van der Waals surface area contributed by atoms with Crippen LogP contribution in [0.4, 0.5) is 10.3 Å². The van der Waals surface area contributed by atoms with E-state index in [1.54, 1.807) is 24.4 Å². The molecule has 0 atom stereocenters. The molecule has 0 aliphatic heterocycles. The Hall–Kier alpha value is -1.49. The van der Waals surface area contributed by atoms with Crippen LogP contribution in [-0.4, -0.2) is 16.5 Å². The highest BCUT2D eigenvalue weighted by molar-refractivity contribution is 9.10. The molecule has 1 N–H and O–H groups in total. The topological polar surface area (TPSA) is 37.8 Å². The maximum Gasteiger partial charge on any atom is 0.223 e. The molecule has 2 rings (SSSR count). The van der Waals surface area contributed by atoms with Gasteiger partial charge in [-0.2, -0.15) is 0 Å². The van der Waals surface area contributed by atoms with Gasteiger partial charge in [0, 0.05) is 18.3 Å². The van der Waals surface area contributed by atoms with E-state index < -0.39 is 0 Å². The third-order valence-corrected chi connectivity index (χ3v) is 3.13. The van der Waals surface area contributed by atoms with E-state index in [1.165, 1.54) is 0 Å². The minimum absolute atomic E-state index is 0.304. The summed E-state index contributed by atoms with van der Waals surface area (Å²) in [4.78, 5) is 8.50. The average molecular weight is 310 g/mol. The average Bonchev–Trinajstić information content (AvgIpc) is 2.36. The Morgan fingerprint density at radius 1 is 1.39 bits per heavy atom. The predicted octanol–water partition coefficient (Wildman–Crippen LogP) is 3.79. The van der Waals surface area contributed by atoms with Gasteiger partial charge in [0.1, 0.15) is 5.82 Å². The molecule has 0 aliphatic rings. The number of aromatic nitrogens is 2. The van der Waals surface area contributed by atoms with Crippen LogP contribution >= 0.6 is 15.9 Å². The van der Waals surface area contributed by atoms with Gasteiger partial charge in [-0.1, -0.05) is 6.07 Å². The molecule has 0 unspecified atom stereocenters. The minimum Gasteiger partial charge on any atom is -0.354 e. The van der Waals surface area contributed by atoms with Crippen LogP contribution in [0.3, 0.4) is 0 Å². The SMILES string of the molecule is CCNc1ncc(C)c(-c2cccc(Br)c2F)n1.